The Balaban J connectivity index is 1.89. The molecule has 2 heterocycles. The molecule has 2 unspecified atom stereocenters. The minimum absolute atomic E-state index is 0.0999. The van der Waals surface area contributed by atoms with Crippen molar-refractivity contribution in [3.63, 3.8) is 0 Å². The van der Waals surface area contributed by atoms with Crippen LogP contribution < -0.4 is 5.73 Å². The fourth-order valence-electron chi connectivity index (χ4n) is 3.36. The van der Waals surface area contributed by atoms with Crippen molar-refractivity contribution in [1.29, 1.82) is 0 Å². The Morgan fingerprint density at radius 2 is 2.20 bits per heavy atom. The van der Waals surface area contributed by atoms with Gasteiger partial charge in [0.1, 0.15) is 0 Å². The van der Waals surface area contributed by atoms with E-state index in [0.29, 0.717) is 5.96 Å². The lowest BCUT2D eigenvalue weighted by Gasteiger charge is -2.40. The third-order valence-electron chi connectivity index (χ3n) is 4.60. The molecule has 1 aromatic rings. The van der Waals surface area contributed by atoms with Crippen molar-refractivity contribution >= 4 is 5.96 Å². The summed E-state index contributed by atoms with van der Waals surface area (Å²) in [5.74, 6) is 0.659. The van der Waals surface area contributed by atoms with Gasteiger partial charge >= 0.3 is 0 Å². The molecule has 1 fully saturated rings. The third-order valence-corrected chi connectivity index (χ3v) is 4.60. The van der Waals surface area contributed by atoms with Crippen LogP contribution in [0.15, 0.2) is 35.3 Å². The van der Waals surface area contributed by atoms with Crippen LogP contribution in [0, 0.1) is 0 Å². The van der Waals surface area contributed by atoms with E-state index in [-0.39, 0.29) is 11.6 Å². The first-order chi connectivity index (χ1) is 9.76. The van der Waals surface area contributed by atoms with Crippen molar-refractivity contribution in [2.45, 2.75) is 37.8 Å². The van der Waals surface area contributed by atoms with Gasteiger partial charge in [0.25, 0.3) is 0 Å². The summed E-state index contributed by atoms with van der Waals surface area (Å²) in [6, 6.07) is 10.6. The summed E-state index contributed by atoms with van der Waals surface area (Å²) in [7, 11) is 0. The molecule has 1 aromatic carbocycles. The van der Waals surface area contributed by atoms with Crippen molar-refractivity contribution in [3.05, 3.63) is 35.9 Å². The van der Waals surface area contributed by atoms with Gasteiger partial charge in [0, 0.05) is 13.2 Å². The Morgan fingerprint density at radius 3 is 2.85 bits per heavy atom. The molecular weight excluding hydrogens is 250 g/mol. The first-order valence-electron chi connectivity index (χ1n) is 7.51. The van der Waals surface area contributed by atoms with Crippen molar-refractivity contribution < 1.29 is 4.74 Å². The molecule has 2 N–H and O–H groups in total. The van der Waals surface area contributed by atoms with Gasteiger partial charge < -0.3 is 15.4 Å². The van der Waals surface area contributed by atoms with E-state index < -0.39 is 0 Å². The van der Waals surface area contributed by atoms with Crippen molar-refractivity contribution in [3.8, 4) is 0 Å². The predicted octanol–water partition coefficient (Wildman–Crippen LogP) is 2.10. The van der Waals surface area contributed by atoms with Gasteiger partial charge in [-0.05, 0) is 24.8 Å². The van der Waals surface area contributed by atoms with Crippen molar-refractivity contribution in [2.75, 3.05) is 19.7 Å². The molecule has 2 atom stereocenters. The molecule has 0 aromatic heterocycles. The van der Waals surface area contributed by atoms with Crippen LogP contribution in [0.1, 0.15) is 31.7 Å². The number of guanidine groups is 1. The van der Waals surface area contributed by atoms with Crippen LogP contribution in [0.4, 0.5) is 0 Å². The summed E-state index contributed by atoms with van der Waals surface area (Å²) in [4.78, 5) is 6.79. The zero-order chi connectivity index (χ0) is 14.0. The minimum Gasteiger partial charge on any atom is -0.376 e. The molecule has 0 spiro atoms. The standard InChI is InChI=1S/C16H23N3O/c1-2-16(13-7-4-3-5-8-13)12-18-15(17)19(16)11-14-9-6-10-20-14/h3-5,7-8,14H,2,6,9-12H2,1H3,(H2,17,18). The molecular formula is C16H23N3O. The van der Waals surface area contributed by atoms with Crippen LogP contribution in [0.3, 0.4) is 0 Å². The fraction of sp³-hybridized carbons (Fsp3) is 0.562. The lowest BCUT2D eigenvalue weighted by Crippen LogP contribution is -2.51. The van der Waals surface area contributed by atoms with Gasteiger partial charge in [-0.2, -0.15) is 0 Å². The van der Waals surface area contributed by atoms with Crippen LogP contribution in [-0.4, -0.2) is 36.7 Å². The molecule has 108 valence electrons. The molecule has 20 heavy (non-hydrogen) atoms. The van der Waals surface area contributed by atoms with E-state index in [1.807, 2.05) is 0 Å². The third kappa shape index (κ3) is 2.18. The van der Waals surface area contributed by atoms with Gasteiger partial charge in [0.2, 0.25) is 0 Å². The Kier molecular flexibility index (Phi) is 3.66. The second-order valence-electron chi connectivity index (χ2n) is 5.67. The van der Waals surface area contributed by atoms with Crippen molar-refractivity contribution in [1.82, 2.24) is 4.90 Å². The highest BCUT2D eigenvalue weighted by atomic mass is 16.5. The number of hydrogen-bond donors (Lipinski definition) is 1. The number of nitrogens with two attached hydrogens (primary N) is 1. The van der Waals surface area contributed by atoms with E-state index in [1.54, 1.807) is 0 Å². The average molecular weight is 273 g/mol. The minimum atomic E-state index is -0.0999. The van der Waals surface area contributed by atoms with Crippen LogP contribution in [0.2, 0.25) is 0 Å². The number of rotatable bonds is 4. The molecule has 4 nitrogen and oxygen atoms in total. The zero-order valence-electron chi connectivity index (χ0n) is 12.1. The van der Waals surface area contributed by atoms with Gasteiger partial charge in [-0.25, -0.2) is 0 Å². The molecule has 3 rings (SSSR count). The topological polar surface area (TPSA) is 50.8 Å². The lowest BCUT2D eigenvalue weighted by molar-refractivity contribution is 0.0633. The maximum atomic E-state index is 6.17. The van der Waals surface area contributed by atoms with Crippen LogP contribution in [0.5, 0.6) is 0 Å². The van der Waals surface area contributed by atoms with E-state index in [0.717, 1.165) is 39.0 Å². The predicted molar refractivity (Wildman–Crippen MR) is 80.6 cm³/mol. The molecule has 0 amide bonds. The highest BCUT2D eigenvalue weighted by Gasteiger charge is 2.43. The van der Waals surface area contributed by atoms with Gasteiger partial charge in [-0.15, -0.1) is 0 Å². The monoisotopic (exact) mass is 273 g/mol. The van der Waals surface area contributed by atoms with E-state index >= 15 is 0 Å². The molecule has 4 heteroatoms. The summed E-state index contributed by atoms with van der Waals surface area (Å²) in [6.07, 6.45) is 3.56. The quantitative estimate of drug-likeness (QED) is 0.914. The molecule has 0 radical (unpaired) electrons. The highest BCUT2D eigenvalue weighted by molar-refractivity contribution is 5.81. The first kappa shape index (κ1) is 13.4. The Bertz CT molecular complexity index is 482. The molecule has 2 aliphatic rings. The number of nitrogens with zero attached hydrogens (tertiary/aromatic N) is 2. The number of benzene rings is 1. The van der Waals surface area contributed by atoms with E-state index in [2.05, 4.69) is 47.1 Å². The number of aliphatic imine (C=N–C) groups is 1. The maximum Gasteiger partial charge on any atom is 0.192 e. The van der Waals surface area contributed by atoms with Gasteiger partial charge in [0.05, 0.1) is 18.2 Å². The first-order valence-corrected chi connectivity index (χ1v) is 7.51. The lowest BCUT2D eigenvalue weighted by atomic mass is 9.86. The van der Waals surface area contributed by atoms with Gasteiger partial charge in [0.15, 0.2) is 5.96 Å². The highest BCUT2D eigenvalue weighted by Crippen LogP contribution is 2.36. The zero-order valence-corrected chi connectivity index (χ0v) is 12.1. The van der Waals surface area contributed by atoms with E-state index in [1.165, 1.54) is 5.56 Å². The van der Waals surface area contributed by atoms with E-state index in [9.17, 15) is 0 Å². The largest absolute Gasteiger partial charge is 0.376 e. The molecule has 2 aliphatic heterocycles. The number of ether oxygens (including phenoxy) is 1. The SMILES string of the molecule is CCC1(c2ccccc2)CN=C(N)N1CC1CCCO1. The smallest absolute Gasteiger partial charge is 0.192 e. The van der Waals surface area contributed by atoms with Gasteiger partial charge in [-0.3, -0.25) is 4.99 Å². The van der Waals surface area contributed by atoms with E-state index in [4.69, 9.17) is 10.5 Å². The summed E-state index contributed by atoms with van der Waals surface area (Å²) in [5.41, 5.74) is 7.36. The summed E-state index contributed by atoms with van der Waals surface area (Å²) < 4.78 is 5.78. The Morgan fingerprint density at radius 1 is 1.40 bits per heavy atom. The van der Waals surface area contributed by atoms with Crippen LogP contribution in [-0.2, 0) is 10.3 Å². The normalized spacial score (nSPS) is 29.8. The van der Waals surface area contributed by atoms with Crippen LogP contribution in [0.25, 0.3) is 0 Å². The molecule has 0 aliphatic carbocycles. The fourth-order valence-corrected chi connectivity index (χ4v) is 3.36. The maximum absolute atomic E-state index is 6.17. The van der Waals surface area contributed by atoms with Crippen molar-refractivity contribution in [2.24, 2.45) is 10.7 Å². The molecule has 0 bridgehead atoms. The Labute approximate surface area is 120 Å². The second-order valence-corrected chi connectivity index (χ2v) is 5.67. The number of hydrogen-bond acceptors (Lipinski definition) is 4. The van der Waals surface area contributed by atoms with Gasteiger partial charge in [-0.1, -0.05) is 37.3 Å². The summed E-state index contributed by atoms with van der Waals surface area (Å²) >= 11 is 0. The molecule has 1 saturated heterocycles. The summed E-state index contributed by atoms with van der Waals surface area (Å²) in [6.45, 7) is 4.67. The molecule has 0 saturated carbocycles. The Hall–Kier alpha value is -1.55. The average Bonchev–Trinajstić information content (AvgIpc) is 3.11. The summed E-state index contributed by atoms with van der Waals surface area (Å²) in [5, 5.41) is 0. The second kappa shape index (κ2) is 5.44. The van der Waals surface area contributed by atoms with Crippen LogP contribution >= 0.6 is 0 Å².